The lowest BCUT2D eigenvalue weighted by atomic mass is 10.0. The van der Waals surface area contributed by atoms with E-state index in [2.05, 4.69) is 55.3 Å². The van der Waals surface area contributed by atoms with Crippen molar-refractivity contribution in [2.75, 3.05) is 31.1 Å². The molecule has 106 valence electrons. The van der Waals surface area contributed by atoms with Crippen LogP contribution < -0.4 is 10.2 Å². The second-order valence-electron chi connectivity index (χ2n) is 5.36. The van der Waals surface area contributed by atoms with E-state index in [-0.39, 0.29) is 0 Å². The van der Waals surface area contributed by atoms with Crippen molar-refractivity contribution in [3.63, 3.8) is 0 Å². The largest absolute Gasteiger partial charge is 0.375 e. The van der Waals surface area contributed by atoms with Crippen molar-refractivity contribution in [1.29, 1.82) is 0 Å². The Morgan fingerprint density at radius 1 is 1.42 bits per heavy atom. The van der Waals surface area contributed by atoms with Crippen LogP contribution in [0.15, 0.2) is 24.3 Å². The number of morpholine rings is 1. The molecular formula is C16H26N2O. The zero-order valence-electron chi connectivity index (χ0n) is 12.4. The third-order valence-corrected chi connectivity index (χ3v) is 3.69. The van der Waals surface area contributed by atoms with Gasteiger partial charge in [0.2, 0.25) is 0 Å². The van der Waals surface area contributed by atoms with Gasteiger partial charge in [0, 0.05) is 24.8 Å². The van der Waals surface area contributed by atoms with Gasteiger partial charge in [-0.05, 0) is 38.4 Å². The highest BCUT2D eigenvalue weighted by atomic mass is 16.5. The van der Waals surface area contributed by atoms with Gasteiger partial charge in [-0.3, -0.25) is 0 Å². The maximum Gasteiger partial charge on any atom is 0.0722 e. The molecule has 3 nitrogen and oxygen atoms in total. The number of ether oxygens (including phenoxy) is 1. The molecule has 3 heteroatoms. The summed E-state index contributed by atoms with van der Waals surface area (Å²) in [6, 6.07) is 9.13. The standard InChI is InChI=1S/C16H26N2O/c1-4-9-17-14(3)15-7-5-6-8-16(15)18-10-11-19-13(2)12-18/h5-8,13-14,17H,4,9-12H2,1-3H3. The van der Waals surface area contributed by atoms with Crippen LogP contribution in [0.2, 0.25) is 0 Å². The number of rotatable bonds is 5. The number of hydrogen-bond donors (Lipinski definition) is 1. The topological polar surface area (TPSA) is 24.5 Å². The van der Waals surface area contributed by atoms with E-state index in [1.54, 1.807) is 0 Å². The Kier molecular flexibility index (Phi) is 5.23. The van der Waals surface area contributed by atoms with Crippen molar-refractivity contribution in [2.24, 2.45) is 0 Å². The molecule has 2 rings (SSSR count). The summed E-state index contributed by atoms with van der Waals surface area (Å²) in [4.78, 5) is 2.45. The minimum atomic E-state index is 0.320. The van der Waals surface area contributed by atoms with Gasteiger partial charge in [0.15, 0.2) is 0 Å². The highest BCUT2D eigenvalue weighted by molar-refractivity contribution is 5.55. The fourth-order valence-corrected chi connectivity index (χ4v) is 2.65. The lowest BCUT2D eigenvalue weighted by molar-refractivity contribution is 0.0531. The van der Waals surface area contributed by atoms with E-state index in [1.165, 1.54) is 17.7 Å². The molecule has 1 aliphatic heterocycles. The van der Waals surface area contributed by atoms with Gasteiger partial charge in [0.25, 0.3) is 0 Å². The molecule has 0 bridgehead atoms. The van der Waals surface area contributed by atoms with Gasteiger partial charge < -0.3 is 15.0 Å². The summed E-state index contributed by atoms with van der Waals surface area (Å²) in [6.45, 7) is 10.5. The van der Waals surface area contributed by atoms with Gasteiger partial charge in [0.05, 0.1) is 12.7 Å². The van der Waals surface area contributed by atoms with Gasteiger partial charge in [-0.25, -0.2) is 0 Å². The van der Waals surface area contributed by atoms with Gasteiger partial charge in [0.1, 0.15) is 0 Å². The molecule has 2 atom stereocenters. The highest BCUT2D eigenvalue weighted by Gasteiger charge is 2.20. The first-order valence-electron chi connectivity index (χ1n) is 7.41. The molecule has 1 aromatic carbocycles. The number of anilines is 1. The molecule has 1 saturated heterocycles. The first-order chi connectivity index (χ1) is 9.22. The molecule has 0 saturated carbocycles. The number of para-hydroxylation sites is 1. The minimum absolute atomic E-state index is 0.320. The number of nitrogens with one attached hydrogen (secondary N) is 1. The first-order valence-corrected chi connectivity index (χ1v) is 7.41. The average Bonchev–Trinajstić information content (AvgIpc) is 2.45. The number of benzene rings is 1. The Hall–Kier alpha value is -1.06. The third kappa shape index (κ3) is 3.71. The fraction of sp³-hybridized carbons (Fsp3) is 0.625. The van der Waals surface area contributed by atoms with Crippen LogP contribution in [0.25, 0.3) is 0 Å². The summed E-state index contributed by atoms with van der Waals surface area (Å²) in [5.74, 6) is 0. The maximum atomic E-state index is 5.64. The lowest BCUT2D eigenvalue weighted by Gasteiger charge is -2.35. The van der Waals surface area contributed by atoms with Crippen molar-refractivity contribution < 1.29 is 4.74 Å². The molecule has 1 N–H and O–H groups in total. The van der Waals surface area contributed by atoms with Crippen LogP contribution in [-0.2, 0) is 4.74 Å². The van der Waals surface area contributed by atoms with E-state index in [0.29, 0.717) is 12.1 Å². The predicted molar refractivity (Wildman–Crippen MR) is 80.8 cm³/mol. The van der Waals surface area contributed by atoms with Gasteiger partial charge in [-0.1, -0.05) is 25.1 Å². The van der Waals surface area contributed by atoms with Crippen LogP contribution >= 0.6 is 0 Å². The molecule has 19 heavy (non-hydrogen) atoms. The Bertz CT molecular complexity index is 394. The van der Waals surface area contributed by atoms with E-state index >= 15 is 0 Å². The van der Waals surface area contributed by atoms with Crippen LogP contribution in [0.5, 0.6) is 0 Å². The molecule has 0 aromatic heterocycles. The van der Waals surface area contributed by atoms with E-state index < -0.39 is 0 Å². The van der Waals surface area contributed by atoms with E-state index in [0.717, 1.165) is 26.2 Å². The second kappa shape index (κ2) is 6.92. The summed E-state index contributed by atoms with van der Waals surface area (Å²) in [5, 5.41) is 3.58. The Morgan fingerprint density at radius 3 is 2.95 bits per heavy atom. The monoisotopic (exact) mass is 262 g/mol. The molecule has 1 fully saturated rings. The van der Waals surface area contributed by atoms with E-state index in [4.69, 9.17) is 4.74 Å². The number of nitrogens with zero attached hydrogens (tertiary/aromatic N) is 1. The molecule has 0 radical (unpaired) electrons. The van der Waals surface area contributed by atoms with Gasteiger partial charge >= 0.3 is 0 Å². The molecule has 0 aliphatic carbocycles. The van der Waals surface area contributed by atoms with Crippen LogP contribution in [0.3, 0.4) is 0 Å². The molecule has 0 amide bonds. The second-order valence-corrected chi connectivity index (χ2v) is 5.36. The molecule has 1 heterocycles. The summed E-state index contributed by atoms with van der Waals surface area (Å²) < 4.78 is 5.64. The summed E-state index contributed by atoms with van der Waals surface area (Å²) in [6.07, 6.45) is 1.49. The highest BCUT2D eigenvalue weighted by Crippen LogP contribution is 2.27. The molecular weight excluding hydrogens is 236 g/mol. The fourth-order valence-electron chi connectivity index (χ4n) is 2.65. The van der Waals surface area contributed by atoms with E-state index in [9.17, 15) is 0 Å². The van der Waals surface area contributed by atoms with Crippen LogP contribution in [-0.4, -0.2) is 32.3 Å². The van der Waals surface area contributed by atoms with Crippen LogP contribution in [0, 0.1) is 0 Å². The van der Waals surface area contributed by atoms with E-state index in [1.807, 2.05) is 0 Å². The minimum Gasteiger partial charge on any atom is -0.375 e. The van der Waals surface area contributed by atoms with Crippen molar-refractivity contribution in [2.45, 2.75) is 39.3 Å². The van der Waals surface area contributed by atoms with Crippen LogP contribution in [0.1, 0.15) is 38.8 Å². The zero-order valence-corrected chi connectivity index (χ0v) is 12.4. The Balaban J connectivity index is 2.15. The predicted octanol–water partition coefficient (Wildman–Crippen LogP) is 2.97. The Labute approximate surface area is 116 Å². The summed E-state index contributed by atoms with van der Waals surface area (Å²) in [7, 11) is 0. The SMILES string of the molecule is CCCNC(C)c1ccccc1N1CCOC(C)C1. The van der Waals surface area contributed by atoms with Gasteiger partial charge in [-0.2, -0.15) is 0 Å². The van der Waals surface area contributed by atoms with Crippen molar-refractivity contribution in [1.82, 2.24) is 5.32 Å². The smallest absolute Gasteiger partial charge is 0.0722 e. The normalized spacial score (nSPS) is 21.4. The summed E-state index contributed by atoms with van der Waals surface area (Å²) >= 11 is 0. The van der Waals surface area contributed by atoms with Crippen molar-refractivity contribution in [3.05, 3.63) is 29.8 Å². The summed E-state index contributed by atoms with van der Waals surface area (Å²) in [5.41, 5.74) is 2.75. The quantitative estimate of drug-likeness (QED) is 0.883. The van der Waals surface area contributed by atoms with Crippen molar-refractivity contribution in [3.8, 4) is 0 Å². The maximum absolute atomic E-state index is 5.64. The molecule has 0 spiro atoms. The molecule has 1 aliphatic rings. The lowest BCUT2D eigenvalue weighted by Crippen LogP contribution is -2.41. The van der Waals surface area contributed by atoms with Crippen molar-refractivity contribution >= 4 is 5.69 Å². The molecule has 2 unspecified atom stereocenters. The molecule has 1 aromatic rings. The van der Waals surface area contributed by atoms with Gasteiger partial charge in [-0.15, -0.1) is 0 Å². The Morgan fingerprint density at radius 2 is 2.21 bits per heavy atom. The first kappa shape index (κ1) is 14.4. The van der Waals surface area contributed by atoms with Crippen LogP contribution in [0.4, 0.5) is 5.69 Å². The third-order valence-electron chi connectivity index (χ3n) is 3.69. The number of hydrogen-bond acceptors (Lipinski definition) is 3. The average molecular weight is 262 g/mol. The zero-order chi connectivity index (χ0) is 13.7.